The van der Waals surface area contributed by atoms with Gasteiger partial charge in [0.2, 0.25) is 0 Å². The lowest BCUT2D eigenvalue weighted by Crippen LogP contribution is -2.46. The second-order valence-electron chi connectivity index (χ2n) is 4.23. The van der Waals surface area contributed by atoms with E-state index in [0.29, 0.717) is 13.2 Å². The Morgan fingerprint density at radius 1 is 1.05 bits per heavy atom. The van der Waals surface area contributed by atoms with Crippen LogP contribution in [0.5, 0.6) is 0 Å². The van der Waals surface area contributed by atoms with Gasteiger partial charge in [0.05, 0.1) is 6.61 Å². The molecule has 0 amide bonds. The fourth-order valence-corrected chi connectivity index (χ4v) is 4.41. The number of hydrogen-bond acceptors (Lipinski definition) is 5. The summed E-state index contributed by atoms with van der Waals surface area (Å²) in [4.78, 5) is 11.0. The Morgan fingerprint density at radius 3 is 2.20 bits per heavy atom. The molecule has 0 spiro atoms. The minimum absolute atomic E-state index is 0.188. The molecule has 0 saturated heterocycles. The Balaban J connectivity index is 4.32. The molecule has 0 aromatic heterocycles. The maximum Gasteiger partial charge on any atom is 0.501 e. The summed E-state index contributed by atoms with van der Waals surface area (Å²) in [5.74, 6) is -0.445. The van der Waals surface area contributed by atoms with Crippen molar-refractivity contribution in [3.05, 3.63) is 12.7 Å². The third-order valence-corrected chi connectivity index (χ3v) is 5.70. The monoisotopic (exact) mass is 304 g/mol. The zero-order valence-corrected chi connectivity index (χ0v) is 14.0. The quantitative estimate of drug-likeness (QED) is 0.227. The maximum atomic E-state index is 11.0. The molecule has 0 aliphatic rings. The normalized spacial score (nSPS) is 11.3. The molecule has 0 unspecified atom stereocenters. The van der Waals surface area contributed by atoms with E-state index in [-0.39, 0.29) is 13.2 Å². The first-order valence-electron chi connectivity index (χ1n) is 7.35. The largest absolute Gasteiger partial charge is 0.501 e. The number of carbonyl (C=O) groups excluding carboxylic acids is 1. The number of carbonyl (C=O) groups is 1. The highest BCUT2D eigenvalue weighted by molar-refractivity contribution is 6.60. The summed E-state index contributed by atoms with van der Waals surface area (Å²) >= 11 is 0. The fraction of sp³-hybridized carbons (Fsp3) is 0.786. The molecule has 0 atom stereocenters. The molecular weight excluding hydrogens is 276 g/mol. The van der Waals surface area contributed by atoms with Crippen LogP contribution in [0.1, 0.15) is 40.0 Å². The topological polar surface area (TPSA) is 54.0 Å². The number of unbranched alkanes of at least 4 members (excludes halogenated alkanes) is 2. The summed E-state index contributed by atoms with van der Waals surface area (Å²) in [5, 5.41) is 0. The van der Waals surface area contributed by atoms with E-state index in [1.807, 2.05) is 13.8 Å². The molecule has 0 aromatic carbocycles. The number of esters is 1. The Labute approximate surface area is 123 Å². The minimum Gasteiger partial charge on any atom is -0.460 e. The van der Waals surface area contributed by atoms with E-state index in [2.05, 4.69) is 13.5 Å². The summed E-state index contributed by atoms with van der Waals surface area (Å²) in [6, 6.07) is 0.803. The fourth-order valence-electron chi connectivity index (χ4n) is 1.77. The van der Waals surface area contributed by atoms with Gasteiger partial charge < -0.3 is 18.0 Å². The average molecular weight is 304 g/mol. The third kappa shape index (κ3) is 8.47. The minimum atomic E-state index is -2.63. The zero-order chi connectivity index (χ0) is 15.3. The van der Waals surface area contributed by atoms with Crippen LogP contribution in [0, 0.1) is 0 Å². The standard InChI is InChI=1S/C14H28O5Si/c1-5-9-10-13-20(17-7-3,18-8-4)19-12-11-16-14(15)6-2/h6H,2,5,7-13H2,1,3-4H3. The molecule has 118 valence electrons. The summed E-state index contributed by atoms with van der Waals surface area (Å²) in [7, 11) is -2.63. The highest BCUT2D eigenvalue weighted by Gasteiger charge is 2.39. The summed E-state index contributed by atoms with van der Waals surface area (Å²) < 4.78 is 22.3. The van der Waals surface area contributed by atoms with Crippen molar-refractivity contribution in [3.63, 3.8) is 0 Å². The summed E-state index contributed by atoms with van der Waals surface area (Å²) in [6.07, 6.45) is 4.43. The molecule has 0 N–H and O–H groups in total. The van der Waals surface area contributed by atoms with Crippen LogP contribution in [0.25, 0.3) is 0 Å². The van der Waals surface area contributed by atoms with Crippen LogP contribution in [0.3, 0.4) is 0 Å². The number of ether oxygens (including phenoxy) is 1. The third-order valence-electron chi connectivity index (χ3n) is 2.63. The maximum absolute atomic E-state index is 11.0. The van der Waals surface area contributed by atoms with E-state index in [9.17, 15) is 4.79 Å². The molecule has 6 heteroatoms. The van der Waals surface area contributed by atoms with Gasteiger partial charge in [-0.25, -0.2) is 4.79 Å². The van der Waals surface area contributed by atoms with Gasteiger partial charge in [-0.05, 0) is 20.3 Å². The van der Waals surface area contributed by atoms with Gasteiger partial charge in [-0.1, -0.05) is 26.3 Å². The average Bonchev–Trinajstić information content (AvgIpc) is 2.44. The van der Waals surface area contributed by atoms with Crippen LogP contribution in [0.15, 0.2) is 12.7 Å². The van der Waals surface area contributed by atoms with Gasteiger partial charge in [0.25, 0.3) is 0 Å². The van der Waals surface area contributed by atoms with Gasteiger partial charge in [0.1, 0.15) is 6.61 Å². The van der Waals surface area contributed by atoms with Crippen molar-refractivity contribution in [2.75, 3.05) is 26.4 Å². The molecule has 0 radical (unpaired) electrons. The van der Waals surface area contributed by atoms with Gasteiger partial charge in [-0.2, -0.15) is 0 Å². The molecule has 0 aliphatic heterocycles. The van der Waals surface area contributed by atoms with Crippen molar-refractivity contribution < 1.29 is 22.8 Å². The highest BCUT2D eigenvalue weighted by Crippen LogP contribution is 2.19. The van der Waals surface area contributed by atoms with Crippen molar-refractivity contribution in [3.8, 4) is 0 Å². The van der Waals surface area contributed by atoms with Gasteiger partial charge in [-0.3, -0.25) is 0 Å². The highest BCUT2D eigenvalue weighted by atomic mass is 28.4. The molecule has 0 bridgehead atoms. The Morgan fingerprint density at radius 2 is 1.70 bits per heavy atom. The van der Waals surface area contributed by atoms with Crippen molar-refractivity contribution in [1.82, 2.24) is 0 Å². The lowest BCUT2D eigenvalue weighted by Gasteiger charge is -2.28. The molecular formula is C14H28O5Si. The summed E-state index contributed by atoms with van der Waals surface area (Å²) in [6.45, 7) is 11.0. The second kappa shape index (κ2) is 12.1. The number of hydrogen-bond donors (Lipinski definition) is 0. The second-order valence-corrected chi connectivity index (χ2v) is 6.96. The predicted octanol–water partition coefficient (Wildman–Crippen LogP) is 2.93. The first kappa shape index (κ1) is 19.3. The van der Waals surface area contributed by atoms with E-state index in [1.54, 1.807) is 0 Å². The zero-order valence-electron chi connectivity index (χ0n) is 13.0. The molecule has 0 rings (SSSR count). The molecule has 0 aromatic rings. The number of rotatable bonds is 13. The van der Waals surface area contributed by atoms with E-state index in [0.717, 1.165) is 31.4 Å². The molecule has 0 saturated carbocycles. The predicted molar refractivity (Wildman–Crippen MR) is 80.4 cm³/mol. The molecule has 0 fully saturated rings. The molecule has 0 heterocycles. The van der Waals surface area contributed by atoms with Gasteiger partial charge >= 0.3 is 14.8 Å². The molecule has 0 aliphatic carbocycles. The molecule has 5 nitrogen and oxygen atoms in total. The van der Waals surface area contributed by atoms with Crippen molar-refractivity contribution >= 4 is 14.8 Å². The lowest BCUT2D eigenvalue weighted by molar-refractivity contribution is -0.138. The van der Waals surface area contributed by atoms with E-state index in [4.69, 9.17) is 18.0 Å². The van der Waals surface area contributed by atoms with Crippen LogP contribution in [0.4, 0.5) is 0 Å². The van der Waals surface area contributed by atoms with Gasteiger partial charge in [-0.15, -0.1) is 0 Å². The summed E-state index contributed by atoms with van der Waals surface area (Å²) in [5.41, 5.74) is 0. The van der Waals surface area contributed by atoms with Crippen LogP contribution in [0.2, 0.25) is 6.04 Å². The smallest absolute Gasteiger partial charge is 0.460 e. The van der Waals surface area contributed by atoms with E-state index in [1.165, 1.54) is 0 Å². The lowest BCUT2D eigenvalue weighted by atomic mass is 10.3. The van der Waals surface area contributed by atoms with Crippen LogP contribution in [-0.2, 0) is 22.8 Å². The Kier molecular flexibility index (Phi) is 11.7. The molecule has 20 heavy (non-hydrogen) atoms. The first-order chi connectivity index (χ1) is 9.64. The Hall–Kier alpha value is -0.693. The van der Waals surface area contributed by atoms with E-state index >= 15 is 0 Å². The first-order valence-corrected chi connectivity index (χ1v) is 9.28. The van der Waals surface area contributed by atoms with Crippen molar-refractivity contribution in [1.29, 1.82) is 0 Å². The van der Waals surface area contributed by atoms with Crippen LogP contribution < -0.4 is 0 Å². The van der Waals surface area contributed by atoms with E-state index < -0.39 is 14.8 Å². The van der Waals surface area contributed by atoms with Gasteiger partial charge in [0, 0.05) is 25.3 Å². The van der Waals surface area contributed by atoms with Crippen LogP contribution in [-0.4, -0.2) is 41.2 Å². The van der Waals surface area contributed by atoms with Gasteiger partial charge in [0.15, 0.2) is 0 Å². The SMILES string of the molecule is C=CC(=O)OCCO[Si](CCCCC)(OCC)OCC. The van der Waals surface area contributed by atoms with Crippen molar-refractivity contribution in [2.24, 2.45) is 0 Å². The van der Waals surface area contributed by atoms with Crippen molar-refractivity contribution in [2.45, 2.75) is 46.1 Å². The van der Waals surface area contributed by atoms with Crippen LogP contribution >= 0.6 is 0 Å². The Bertz CT molecular complexity index is 264.